The fraction of sp³-hybridized carbons (Fsp3) is 0.500. The number of halogens is 1. The minimum absolute atomic E-state index is 0.196. The molecule has 0 aliphatic carbocycles. The molecule has 0 saturated carbocycles. The van der Waals surface area contributed by atoms with E-state index in [-0.39, 0.29) is 5.82 Å². The van der Waals surface area contributed by atoms with Gasteiger partial charge in [0.25, 0.3) is 0 Å². The second-order valence-electron chi connectivity index (χ2n) is 4.67. The van der Waals surface area contributed by atoms with Gasteiger partial charge in [0.2, 0.25) is 0 Å². The lowest BCUT2D eigenvalue weighted by Gasteiger charge is -2.14. The summed E-state index contributed by atoms with van der Waals surface area (Å²) in [7, 11) is 0. The highest BCUT2D eigenvalue weighted by Crippen LogP contribution is 2.11. The van der Waals surface area contributed by atoms with Crippen LogP contribution in [0.15, 0.2) is 24.3 Å². The van der Waals surface area contributed by atoms with Gasteiger partial charge in [0.05, 0.1) is 0 Å². The summed E-state index contributed by atoms with van der Waals surface area (Å²) in [5.41, 5.74) is 1.26. The van der Waals surface area contributed by atoms with E-state index in [2.05, 4.69) is 4.90 Å². The van der Waals surface area contributed by atoms with Crippen LogP contribution >= 0.6 is 0 Å². The fourth-order valence-electron chi connectivity index (χ4n) is 2.26. The Bertz CT molecular complexity index is 384. The van der Waals surface area contributed by atoms with Crippen molar-refractivity contribution in [1.82, 2.24) is 4.90 Å². The van der Waals surface area contributed by atoms with Crippen molar-refractivity contribution in [2.75, 3.05) is 19.6 Å². The fourth-order valence-corrected chi connectivity index (χ4v) is 2.26. The minimum atomic E-state index is -0.196. The molecule has 1 fully saturated rings. The molecule has 1 heterocycles. The highest BCUT2D eigenvalue weighted by atomic mass is 19.1. The molecule has 1 N–H and O–H groups in total. The lowest BCUT2D eigenvalue weighted by Crippen LogP contribution is -2.23. The molecule has 0 spiro atoms. The van der Waals surface area contributed by atoms with E-state index in [0.717, 1.165) is 26.1 Å². The highest BCUT2D eigenvalue weighted by molar-refractivity contribution is 5.83. The maximum Gasteiger partial charge on any atom is 0.126 e. The quantitative estimate of drug-likeness (QED) is 0.779. The van der Waals surface area contributed by atoms with Crippen molar-refractivity contribution >= 4 is 5.71 Å². The van der Waals surface area contributed by atoms with Gasteiger partial charge in [-0.25, -0.2) is 4.39 Å². The second kappa shape index (κ2) is 5.92. The lowest BCUT2D eigenvalue weighted by atomic mass is 10.1. The van der Waals surface area contributed by atoms with E-state index < -0.39 is 0 Å². The number of benzene rings is 1. The first-order valence-corrected chi connectivity index (χ1v) is 6.28. The number of likely N-dealkylation sites (tertiary alicyclic amines) is 1. The van der Waals surface area contributed by atoms with E-state index in [1.54, 1.807) is 12.1 Å². The molecular formula is C14H19FN2. The van der Waals surface area contributed by atoms with Gasteiger partial charge in [-0.3, -0.25) is 0 Å². The van der Waals surface area contributed by atoms with Crippen LogP contribution in [0.5, 0.6) is 0 Å². The first-order valence-electron chi connectivity index (χ1n) is 6.28. The number of rotatable bonds is 5. The standard InChI is InChI=1S/C14H19FN2/c15-14-6-2-1-5-12(14)11-13(16)7-10-17-8-3-4-9-17/h1-2,5-6,16H,3-4,7-11H2. The molecule has 92 valence electrons. The molecular weight excluding hydrogens is 215 g/mol. The third-order valence-corrected chi connectivity index (χ3v) is 3.29. The molecule has 1 aliphatic rings. The molecule has 0 aromatic heterocycles. The molecule has 17 heavy (non-hydrogen) atoms. The van der Waals surface area contributed by atoms with Crippen molar-refractivity contribution in [1.29, 1.82) is 5.41 Å². The Morgan fingerprint density at radius 1 is 1.24 bits per heavy atom. The van der Waals surface area contributed by atoms with E-state index in [1.807, 2.05) is 6.07 Å². The topological polar surface area (TPSA) is 27.1 Å². The Morgan fingerprint density at radius 3 is 2.65 bits per heavy atom. The lowest BCUT2D eigenvalue weighted by molar-refractivity contribution is 0.349. The molecule has 1 aromatic carbocycles. The van der Waals surface area contributed by atoms with Gasteiger partial charge in [0.1, 0.15) is 5.82 Å². The summed E-state index contributed by atoms with van der Waals surface area (Å²) in [5.74, 6) is -0.196. The van der Waals surface area contributed by atoms with Gasteiger partial charge in [0, 0.05) is 18.7 Å². The van der Waals surface area contributed by atoms with Crippen LogP contribution in [-0.2, 0) is 6.42 Å². The van der Waals surface area contributed by atoms with Crippen molar-refractivity contribution in [3.63, 3.8) is 0 Å². The van der Waals surface area contributed by atoms with E-state index >= 15 is 0 Å². The van der Waals surface area contributed by atoms with Crippen LogP contribution in [0, 0.1) is 11.2 Å². The van der Waals surface area contributed by atoms with E-state index in [4.69, 9.17) is 5.41 Å². The van der Waals surface area contributed by atoms with Crippen molar-refractivity contribution in [3.8, 4) is 0 Å². The highest BCUT2D eigenvalue weighted by Gasteiger charge is 2.12. The molecule has 2 rings (SSSR count). The van der Waals surface area contributed by atoms with Gasteiger partial charge in [-0.1, -0.05) is 18.2 Å². The van der Waals surface area contributed by atoms with Crippen LogP contribution in [0.4, 0.5) is 4.39 Å². The summed E-state index contributed by atoms with van der Waals surface area (Å²) >= 11 is 0. The normalized spacial score (nSPS) is 16.3. The predicted octanol–water partition coefficient (Wildman–Crippen LogP) is 2.87. The monoisotopic (exact) mass is 234 g/mol. The Kier molecular flexibility index (Phi) is 4.26. The second-order valence-corrected chi connectivity index (χ2v) is 4.67. The first-order chi connectivity index (χ1) is 8.25. The van der Waals surface area contributed by atoms with Crippen LogP contribution in [0.1, 0.15) is 24.8 Å². The van der Waals surface area contributed by atoms with Crippen molar-refractivity contribution in [2.45, 2.75) is 25.7 Å². The predicted molar refractivity (Wildman–Crippen MR) is 68.1 cm³/mol. The molecule has 1 saturated heterocycles. The smallest absolute Gasteiger partial charge is 0.126 e. The van der Waals surface area contributed by atoms with Crippen LogP contribution in [-0.4, -0.2) is 30.2 Å². The summed E-state index contributed by atoms with van der Waals surface area (Å²) in [4.78, 5) is 2.38. The molecule has 1 aliphatic heterocycles. The molecule has 3 heteroatoms. The van der Waals surface area contributed by atoms with E-state index in [1.165, 1.54) is 18.9 Å². The van der Waals surface area contributed by atoms with E-state index in [0.29, 0.717) is 17.7 Å². The number of hydrogen-bond acceptors (Lipinski definition) is 2. The van der Waals surface area contributed by atoms with Crippen molar-refractivity contribution < 1.29 is 4.39 Å². The summed E-state index contributed by atoms with van der Waals surface area (Å²) < 4.78 is 13.4. The summed E-state index contributed by atoms with van der Waals surface area (Å²) in [6, 6.07) is 6.74. The van der Waals surface area contributed by atoms with Crippen molar-refractivity contribution in [2.24, 2.45) is 0 Å². The Balaban J connectivity index is 1.79. The third kappa shape index (κ3) is 3.63. The van der Waals surface area contributed by atoms with Gasteiger partial charge in [-0.05, 0) is 44.0 Å². The first kappa shape index (κ1) is 12.2. The van der Waals surface area contributed by atoms with Crippen LogP contribution in [0.3, 0.4) is 0 Å². The van der Waals surface area contributed by atoms with Crippen molar-refractivity contribution in [3.05, 3.63) is 35.6 Å². The van der Waals surface area contributed by atoms with Gasteiger partial charge in [-0.15, -0.1) is 0 Å². The van der Waals surface area contributed by atoms with E-state index in [9.17, 15) is 4.39 Å². The molecule has 0 unspecified atom stereocenters. The molecule has 2 nitrogen and oxygen atoms in total. The van der Waals surface area contributed by atoms with Gasteiger partial charge in [-0.2, -0.15) is 0 Å². The van der Waals surface area contributed by atoms with Crippen LogP contribution in [0.2, 0.25) is 0 Å². The molecule has 0 radical (unpaired) electrons. The minimum Gasteiger partial charge on any atom is -0.309 e. The molecule has 0 amide bonds. The summed E-state index contributed by atoms with van der Waals surface area (Å²) in [5, 5.41) is 7.89. The number of nitrogens with one attached hydrogen (secondary N) is 1. The largest absolute Gasteiger partial charge is 0.309 e. The Morgan fingerprint density at radius 2 is 1.94 bits per heavy atom. The zero-order chi connectivity index (χ0) is 12.1. The average Bonchev–Trinajstić information content (AvgIpc) is 2.82. The average molecular weight is 234 g/mol. The molecule has 1 aromatic rings. The Hall–Kier alpha value is -1.22. The summed E-state index contributed by atoms with van der Waals surface area (Å²) in [6.07, 6.45) is 3.76. The number of nitrogens with zero attached hydrogens (tertiary/aromatic N) is 1. The SMILES string of the molecule is N=C(CCN1CCCC1)Cc1ccccc1F. The zero-order valence-electron chi connectivity index (χ0n) is 10.1. The summed E-state index contributed by atoms with van der Waals surface area (Å²) in [6.45, 7) is 3.27. The molecule has 0 bridgehead atoms. The van der Waals surface area contributed by atoms with Crippen LogP contribution in [0.25, 0.3) is 0 Å². The van der Waals surface area contributed by atoms with Gasteiger partial charge in [0.15, 0.2) is 0 Å². The Labute approximate surface area is 102 Å². The third-order valence-electron chi connectivity index (χ3n) is 3.29. The number of hydrogen-bond donors (Lipinski definition) is 1. The van der Waals surface area contributed by atoms with Crippen LogP contribution < -0.4 is 0 Å². The maximum absolute atomic E-state index is 13.4. The van der Waals surface area contributed by atoms with Gasteiger partial charge < -0.3 is 10.3 Å². The maximum atomic E-state index is 13.4. The van der Waals surface area contributed by atoms with Gasteiger partial charge >= 0.3 is 0 Å². The molecule has 0 atom stereocenters. The zero-order valence-corrected chi connectivity index (χ0v) is 10.1.